The van der Waals surface area contributed by atoms with Crippen molar-refractivity contribution in [1.29, 1.82) is 0 Å². The highest BCUT2D eigenvalue weighted by molar-refractivity contribution is 7.16. The van der Waals surface area contributed by atoms with Crippen LogP contribution in [0.3, 0.4) is 0 Å². The van der Waals surface area contributed by atoms with Gasteiger partial charge < -0.3 is 4.74 Å². The fourth-order valence-electron chi connectivity index (χ4n) is 3.76. The summed E-state index contributed by atoms with van der Waals surface area (Å²) in [6.45, 7) is 3.71. The number of pyridine rings is 2. The zero-order valence-corrected chi connectivity index (χ0v) is 21.7. The first kappa shape index (κ1) is 25.4. The van der Waals surface area contributed by atoms with E-state index in [0.717, 1.165) is 29.1 Å². The monoisotopic (exact) mass is 531 g/mol. The number of rotatable bonds is 6. The lowest BCUT2D eigenvalue weighted by atomic mass is 9.98. The number of amides is 1. The van der Waals surface area contributed by atoms with E-state index < -0.39 is 18.0 Å². The van der Waals surface area contributed by atoms with E-state index in [2.05, 4.69) is 37.1 Å². The first-order valence-corrected chi connectivity index (χ1v) is 12.7. The maximum Gasteiger partial charge on any atom is 0.280 e. The lowest BCUT2D eigenvalue weighted by molar-refractivity contribution is 0.102. The Morgan fingerprint density at radius 3 is 2.71 bits per heavy atom. The highest BCUT2D eigenvalue weighted by Gasteiger charge is 2.23. The van der Waals surface area contributed by atoms with E-state index in [1.165, 1.54) is 36.9 Å². The van der Waals surface area contributed by atoms with Crippen LogP contribution in [-0.4, -0.2) is 33.7 Å². The number of ether oxygens (including phenoxy) is 1. The van der Waals surface area contributed by atoms with E-state index in [4.69, 9.17) is 4.74 Å². The fourth-order valence-corrected chi connectivity index (χ4v) is 4.58. The van der Waals surface area contributed by atoms with Gasteiger partial charge in [0.25, 0.3) is 12.3 Å². The number of thiazole rings is 1. The van der Waals surface area contributed by atoms with Gasteiger partial charge in [0.1, 0.15) is 16.3 Å². The third-order valence-corrected chi connectivity index (χ3v) is 6.96. The molecule has 10 heteroatoms. The molecule has 7 nitrogen and oxygen atoms in total. The van der Waals surface area contributed by atoms with Crippen LogP contribution in [0.1, 0.15) is 58.5 Å². The number of aryl methyl sites for hydroxylation is 1. The first-order valence-electron chi connectivity index (χ1n) is 11.9. The molecule has 0 aromatic carbocycles. The second-order valence-electron chi connectivity index (χ2n) is 8.70. The van der Waals surface area contributed by atoms with E-state index >= 15 is 0 Å². The quantitative estimate of drug-likeness (QED) is 0.387. The summed E-state index contributed by atoms with van der Waals surface area (Å²) in [5, 5.41) is 3.20. The number of nitrogens with one attached hydrogen (secondary N) is 1. The third-order valence-electron chi connectivity index (χ3n) is 5.97. The number of carbonyl (C=O) groups is 1. The summed E-state index contributed by atoms with van der Waals surface area (Å²) in [6, 6.07) is 2.87. The number of aromatic nitrogens is 3. The molecule has 0 unspecified atom stereocenters. The standard InChI is InChI=1S/C28H23F2N5O2S/c1-4-17-8-9-21(34-17)22-11-18(19-12-23(26(29)30)32-14-24(19)37-3)20(13-31-22)27(36)35-28-33-15(2)25(38-28)10-7-16-5-6-16/h4,8-9,11-14,16,26H,5-6H2,1-3H3,(H,33,35,36)/b17-4+. The molecule has 1 fully saturated rings. The molecule has 0 spiro atoms. The second-order valence-corrected chi connectivity index (χ2v) is 9.70. The maximum absolute atomic E-state index is 13.6. The zero-order chi connectivity index (χ0) is 26.8. The van der Waals surface area contributed by atoms with E-state index in [1.54, 1.807) is 12.1 Å². The van der Waals surface area contributed by atoms with Crippen LogP contribution in [0.4, 0.5) is 13.9 Å². The minimum absolute atomic E-state index is 0.158. The van der Waals surface area contributed by atoms with Gasteiger partial charge >= 0.3 is 0 Å². The van der Waals surface area contributed by atoms with E-state index in [1.807, 2.05) is 26.0 Å². The number of alkyl halides is 2. The van der Waals surface area contributed by atoms with E-state index in [-0.39, 0.29) is 16.9 Å². The number of nitrogens with zero attached hydrogens (tertiary/aromatic N) is 4. The van der Waals surface area contributed by atoms with Gasteiger partial charge in [0.05, 0.1) is 41.7 Å². The lowest BCUT2D eigenvalue weighted by Gasteiger charge is -2.15. The number of hydrogen-bond donors (Lipinski definition) is 1. The molecule has 0 radical (unpaired) electrons. The molecule has 1 N–H and O–H groups in total. The lowest BCUT2D eigenvalue weighted by Crippen LogP contribution is -2.15. The van der Waals surface area contributed by atoms with Gasteiger partial charge in [-0.05, 0) is 51.0 Å². The molecular formula is C28H23F2N5O2S. The van der Waals surface area contributed by atoms with Gasteiger partial charge in [0.15, 0.2) is 5.13 Å². The van der Waals surface area contributed by atoms with Crippen LogP contribution in [0.2, 0.25) is 0 Å². The molecule has 1 amide bonds. The van der Waals surface area contributed by atoms with Crippen molar-refractivity contribution in [2.75, 3.05) is 12.4 Å². The second kappa shape index (κ2) is 10.6. The van der Waals surface area contributed by atoms with Gasteiger partial charge in [-0.15, -0.1) is 0 Å². The molecule has 0 atom stereocenters. The average molecular weight is 532 g/mol. The number of methoxy groups -OCH3 is 1. The van der Waals surface area contributed by atoms with E-state index in [9.17, 15) is 13.6 Å². The average Bonchev–Trinajstić information content (AvgIpc) is 3.51. The Bertz CT molecular complexity index is 1580. The molecule has 1 aliphatic carbocycles. The molecule has 5 rings (SSSR count). The molecule has 0 saturated heterocycles. The number of halogens is 2. The maximum atomic E-state index is 13.6. The van der Waals surface area contributed by atoms with Crippen molar-refractivity contribution in [2.45, 2.75) is 33.1 Å². The molecule has 38 heavy (non-hydrogen) atoms. The normalized spacial score (nSPS) is 15.4. The SMILES string of the molecule is C/C=C1\C=CC(c2cc(-c3cc(C(F)F)ncc3OC)c(C(=O)Nc3nc(C)c(C#CC4CC4)s3)cn2)=N1. The molecular weight excluding hydrogens is 508 g/mol. The largest absolute Gasteiger partial charge is 0.494 e. The van der Waals surface area contributed by atoms with Gasteiger partial charge in [0.2, 0.25) is 0 Å². The van der Waals surface area contributed by atoms with Crippen molar-refractivity contribution in [1.82, 2.24) is 15.0 Å². The smallest absolute Gasteiger partial charge is 0.280 e. The van der Waals surface area contributed by atoms with Gasteiger partial charge in [0, 0.05) is 23.2 Å². The van der Waals surface area contributed by atoms with Gasteiger partial charge in [-0.25, -0.2) is 18.8 Å². The summed E-state index contributed by atoms with van der Waals surface area (Å²) in [7, 11) is 1.41. The number of allylic oxidation sites excluding steroid dienone is 3. The molecule has 1 saturated carbocycles. The molecule has 3 aromatic heterocycles. The van der Waals surface area contributed by atoms with Gasteiger partial charge in [-0.2, -0.15) is 0 Å². The van der Waals surface area contributed by atoms with Crippen LogP contribution in [0, 0.1) is 24.7 Å². The Morgan fingerprint density at radius 1 is 1.21 bits per heavy atom. The predicted octanol–water partition coefficient (Wildman–Crippen LogP) is 6.13. The van der Waals surface area contributed by atoms with Crippen molar-refractivity contribution in [3.63, 3.8) is 0 Å². The molecule has 0 bridgehead atoms. The van der Waals surface area contributed by atoms with Gasteiger partial charge in [-0.1, -0.05) is 29.3 Å². The highest BCUT2D eigenvalue weighted by Crippen LogP contribution is 2.36. The molecule has 2 aliphatic rings. The van der Waals surface area contributed by atoms with Crippen LogP contribution in [0.15, 0.2) is 53.4 Å². The van der Waals surface area contributed by atoms with Crippen LogP contribution in [0.25, 0.3) is 11.1 Å². The summed E-state index contributed by atoms with van der Waals surface area (Å²) in [5.74, 6) is 6.54. The van der Waals surface area contributed by atoms with E-state index in [0.29, 0.717) is 28.0 Å². The van der Waals surface area contributed by atoms with Crippen molar-refractivity contribution in [3.8, 4) is 28.7 Å². The number of aliphatic imine (C=N–C) groups is 1. The van der Waals surface area contributed by atoms with Crippen molar-refractivity contribution in [2.24, 2.45) is 10.9 Å². The summed E-state index contributed by atoms with van der Waals surface area (Å²) < 4.78 is 32.5. The fraction of sp³-hybridized carbons (Fsp3) is 0.250. The minimum Gasteiger partial charge on any atom is -0.494 e. The Kier molecular flexibility index (Phi) is 7.11. The third kappa shape index (κ3) is 5.38. The Labute approximate surface area is 222 Å². The zero-order valence-electron chi connectivity index (χ0n) is 20.9. The van der Waals surface area contributed by atoms with Crippen molar-refractivity contribution >= 4 is 28.1 Å². The summed E-state index contributed by atoms with van der Waals surface area (Å²) in [4.78, 5) is 31.5. The Morgan fingerprint density at radius 2 is 2.03 bits per heavy atom. The summed E-state index contributed by atoms with van der Waals surface area (Å²) in [6.07, 6.45) is 7.55. The molecule has 3 aromatic rings. The van der Waals surface area contributed by atoms with Gasteiger partial charge in [-0.3, -0.25) is 20.1 Å². The van der Waals surface area contributed by atoms with Crippen molar-refractivity contribution < 1.29 is 18.3 Å². The molecule has 192 valence electrons. The number of hydrogen-bond acceptors (Lipinski definition) is 7. The summed E-state index contributed by atoms with van der Waals surface area (Å²) in [5.41, 5.74) is 2.92. The Hall–Kier alpha value is -4.23. The van der Waals surface area contributed by atoms with Crippen LogP contribution in [0.5, 0.6) is 5.75 Å². The highest BCUT2D eigenvalue weighted by atomic mass is 32.1. The Balaban J connectivity index is 1.56. The van der Waals surface area contributed by atoms with Crippen LogP contribution < -0.4 is 10.1 Å². The summed E-state index contributed by atoms with van der Waals surface area (Å²) >= 11 is 1.29. The van der Waals surface area contributed by atoms with Crippen LogP contribution in [-0.2, 0) is 0 Å². The van der Waals surface area contributed by atoms with Crippen molar-refractivity contribution in [3.05, 3.63) is 76.0 Å². The molecule has 1 aliphatic heterocycles. The predicted molar refractivity (Wildman–Crippen MR) is 143 cm³/mol. The number of carbonyl (C=O) groups excluding carboxylic acids is 1. The molecule has 4 heterocycles. The minimum atomic E-state index is -2.80. The van der Waals surface area contributed by atoms with Crippen LogP contribution >= 0.6 is 11.3 Å². The first-order chi connectivity index (χ1) is 18.4. The number of anilines is 1. The topological polar surface area (TPSA) is 89.4 Å².